The second kappa shape index (κ2) is 15.2. The molecule has 0 aromatic heterocycles. The summed E-state index contributed by atoms with van der Waals surface area (Å²) in [6.07, 6.45) is 2.54. The molecule has 20 heavy (non-hydrogen) atoms. The Balaban J connectivity index is 3.24. The van der Waals surface area contributed by atoms with Gasteiger partial charge in [0.2, 0.25) is 0 Å². The van der Waals surface area contributed by atoms with Gasteiger partial charge < -0.3 is 24.3 Å². The van der Waals surface area contributed by atoms with Crippen LogP contribution in [0.2, 0.25) is 0 Å². The molecule has 5 heteroatoms. The average molecular weight is 291 g/mol. The number of methoxy groups -OCH3 is 1. The highest BCUT2D eigenvalue weighted by atomic mass is 16.6. The molecule has 0 saturated heterocycles. The molecule has 5 nitrogen and oxygen atoms in total. The zero-order valence-electron chi connectivity index (χ0n) is 13.7. The highest BCUT2D eigenvalue weighted by molar-refractivity contribution is 4.64. The first-order valence-electron chi connectivity index (χ1n) is 7.73. The van der Waals surface area contributed by atoms with E-state index >= 15 is 0 Å². The van der Waals surface area contributed by atoms with Gasteiger partial charge in [-0.2, -0.15) is 0 Å². The largest absolute Gasteiger partial charge is 0.382 e. The zero-order chi connectivity index (χ0) is 15.1. The van der Waals surface area contributed by atoms with Crippen molar-refractivity contribution in [3.63, 3.8) is 0 Å². The van der Waals surface area contributed by atoms with E-state index in [-0.39, 0.29) is 6.10 Å². The molecule has 1 atom stereocenters. The van der Waals surface area contributed by atoms with Crippen LogP contribution < -0.4 is 5.32 Å². The summed E-state index contributed by atoms with van der Waals surface area (Å²) in [6.45, 7) is 11.1. The van der Waals surface area contributed by atoms with Crippen LogP contribution in [0.3, 0.4) is 0 Å². The van der Waals surface area contributed by atoms with E-state index in [9.17, 15) is 0 Å². The van der Waals surface area contributed by atoms with E-state index in [1.165, 1.54) is 0 Å². The third-order valence-electron chi connectivity index (χ3n) is 3.11. The quantitative estimate of drug-likeness (QED) is 0.467. The summed E-state index contributed by atoms with van der Waals surface area (Å²) in [5.41, 5.74) is 0. The lowest BCUT2D eigenvalue weighted by Gasteiger charge is -2.19. The Morgan fingerprint density at radius 1 is 0.850 bits per heavy atom. The molecular formula is C15H33NO4. The van der Waals surface area contributed by atoms with Crippen LogP contribution in [0.4, 0.5) is 0 Å². The summed E-state index contributed by atoms with van der Waals surface area (Å²) in [4.78, 5) is 0. The molecule has 0 aromatic rings. The Bertz CT molecular complexity index is 189. The maximum atomic E-state index is 5.68. The molecule has 0 bridgehead atoms. The van der Waals surface area contributed by atoms with Gasteiger partial charge in [0.1, 0.15) is 0 Å². The number of nitrogens with one attached hydrogen (secondary N) is 1. The van der Waals surface area contributed by atoms with E-state index in [2.05, 4.69) is 26.1 Å². The molecule has 0 radical (unpaired) electrons. The zero-order valence-corrected chi connectivity index (χ0v) is 13.7. The van der Waals surface area contributed by atoms with Crippen molar-refractivity contribution in [2.75, 3.05) is 53.3 Å². The first kappa shape index (κ1) is 19.8. The van der Waals surface area contributed by atoms with Crippen molar-refractivity contribution in [2.45, 2.75) is 45.8 Å². The Kier molecular flexibility index (Phi) is 15.0. The van der Waals surface area contributed by atoms with E-state index in [0.717, 1.165) is 19.4 Å². The van der Waals surface area contributed by atoms with Crippen LogP contribution in [0, 0.1) is 0 Å². The van der Waals surface area contributed by atoms with Crippen molar-refractivity contribution in [1.82, 2.24) is 5.32 Å². The molecule has 1 unspecified atom stereocenters. The van der Waals surface area contributed by atoms with Crippen molar-refractivity contribution >= 4 is 0 Å². The summed E-state index contributed by atoms with van der Waals surface area (Å²) >= 11 is 0. The van der Waals surface area contributed by atoms with Gasteiger partial charge in [-0.1, -0.05) is 13.8 Å². The molecule has 0 aliphatic heterocycles. The first-order valence-corrected chi connectivity index (χ1v) is 7.73. The van der Waals surface area contributed by atoms with Gasteiger partial charge in [-0.05, 0) is 19.8 Å². The summed E-state index contributed by atoms with van der Waals surface area (Å²) < 4.78 is 21.3. The Morgan fingerprint density at radius 2 is 1.40 bits per heavy atom. The minimum absolute atomic E-state index is 0.220. The van der Waals surface area contributed by atoms with Gasteiger partial charge in [-0.15, -0.1) is 0 Å². The summed E-state index contributed by atoms with van der Waals surface area (Å²) in [7, 11) is 1.66. The van der Waals surface area contributed by atoms with Crippen LogP contribution in [0.25, 0.3) is 0 Å². The van der Waals surface area contributed by atoms with Gasteiger partial charge in [0.05, 0.1) is 45.7 Å². The molecule has 0 aliphatic rings. The molecule has 0 rings (SSSR count). The third kappa shape index (κ3) is 12.8. The van der Waals surface area contributed by atoms with Crippen LogP contribution in [-0.2, 0) is 18.9 Å². The number of hydrogen-bond acceptors (Lipinski definition) is 5. The molecule has 122 valence electrons. The van der Waals surface area contributed by atoms with Gasteiger partial charge in [0.15, 0.2) is 0 Å². The maximum absolute atomic E-state index is 5.68. The minimum atomic E-state index is 0.220. The lowest BCUT2D eigenvalue weighted by Crippen LogP contribution is -2.35. The molecule has 0 spiro atoms. The van der Waals surface area contributed by atoms with Crippen LogP contribution >= 0.6 is 0 Å². The van der Waals surface area contributed by atoms with Gasteiger partial charge in [-0.3, -0.25) is 0 Å². The highest BCUT2D eigenvalue weighted by Crippen LogP contribution is 1.97. The van der Waals surface area contributed by atoms with Crippen molar-refractivity contribution in [1.29, 1.82) is 0 Å². The Labute approximate surface area is 124 Å². The Hall–Kier alpha value is -0.200. The van der Waals surface area contributed by atoms with Crippen LogP contribution in [0.1, 0.15) is 33.6 Å². The van der Waals surface area contributed by atoms with Gasteiger partial charge >= 0.3 is 0 Å². The fraction of sp³-hybridized carbons (Fsp3) is 1.00. The van der Waals surface area contributed by atoms with Crippen LogP contribution in [0.5, 0.6) is 0 Å². The predicted molar refractivity (Wildman–Crippen MR) is 81.3 cm³/mol. The Morgan fingerprint density at radius 3 is 1.95 bits per heavy atom. The molecule has 0 aliphatic carbocycles. The monoisotopic (exact) mass is 291 g/mol. The second-order valence-electron chi connectivity index (χ2n) is 4.82. The lowest BCUT2D eigenvalue weighted by molar-refractivity contribution is -0.0121. The normalized spacial score (nSPS) is 13.1. The number of hydrogen-bond donors (Lipinski definition) is 1. The van der Waals surface area contributed by atoms with Crippen molar-refractivity contribution < 1.29 is 18.9 Å². The van der Waals surface area contributed by atoms with Crippen molar-refractivity contribution in [3.05, 3.63) is 0 Å². The summed E-state index contributed by atoms with van der Waals surface area (Å²) in [5.74, 6) is 0. The number of ether oxygens (including phenoxy) is 4. The van der Waals surface area contributed by atoms with Crippen LogP contribution in [0.15, 0.2) is 0 Å². The molecule has 0 saturated carbocycles. The molecular weight excluding hydrogens is 258 g/mol. The smallest absolute Gasteiger partial charge is 0.0704 e. The average Bonchev–Trinajstić information content (AvgIpc) is 2.46. The number of rotatable bonds is 15. The fourth-order valence-electron chi connectivity index (χ4n) is 1.74. The maximum Gasteiger partial charge on any atom is 0.0704 e. The van der Waals surface area contributed by atoms with Crippen molar-refractivity contribution in [2.24, 2.45) is 0 Å². The molecule has 1 N–H and O–H groups in total. The van der Waals surface area contributed by atoms with E-state index in [0.29, 0.717) is 45.7 Å². The standard InChI is InChI=1S/C15H33NO4/c1-5-15(6-2)16-13-14(3)20-12-11-19-10-9-18-8-7-17-4/h14-16H,5-13H2,1-4H3. The highest BCUT2D eigenvalue weighted by Gasteiger charge is 2.06. The first-order chi connectivity index (χ1) is 9.74. The molecule has 0 amide bonds. The minimum Gasteiger partial charge on any atom is -0.382 e. The van der Waals surface area contributed by atoms with E-state index < -0.39 is 0 Å². The SMILES string of the molecule is CCC(CC)NCC(C)OCCOCCOCCOC. The van der Waals surface area contributed by atoms with Gasteiger partial charge in [-0.25, -0.2) is 0 Å². The topological polar surface area (TPSA) is 49.0 Å². The van der Waals surface area contributed by atoms with E-state index in [1.807, 2.05) is 0 Å². The van der Waals surface area contributed by atoms with Crippen LogP contribution in [-0.4, -0.2) is 65.4 Å². The van der Waals surface area contributed by atoms with Crippen molar-refractivity contribution in [3.8, 4) is 0 Å². The molecule has 0 aromatic carbocycles. The van der Waals surface area contributed by atoms with Gasteiger partial charge in [0.25, 0.3) is 0 Å². The third-order valence-corrected chi connectivity index (χ3v) is 3.11. The van der Waals surface area contributed by atoms with E-state index in [4.69, 9.17) is 18.9 Å². The molecule has 0 fully saturated rings. The summed E-state index contributed by atoms with van der Waals surface area (Å²) in [5, 5.41) is 3.50. The van der Waals surface area contributed by atoms with Gasteiger partial charge in [0, 0.05) is 19.7 Å². The van der Waals surface area contributed by atoms with E-state index in [1.54, 1.807) is 7.11 Å². The summed E-state index contributed by atoms with van der Waals surface area (Å²) in [6, 6.07) is 0.599. The predicted octanol–water partition coefficient (Wildman–Crippen LogP) is 1.85. The second-order valence-corrected chi connectivity index (χ2v) is 4.82. The molecule has 0 heterocycles. The fourth-order valence-corrected chi connectivity index (χ4v) is 1.74. The lowest BCUT2D eigenvalue weighted by atomic mass is 10.1.